The van der Waals surface area contributed by atoms with Crippen molar-refractivity contribution in [1.29, 1.82) is 0 Å². The van der Waals surface area contributed by atoms with Gasteiger partial charge in [-0.25, -0.2) is 13.4 Å². The highest BCUT2D eigenvalue weighted by molar-refractivity contribution is 8.01. The molecule has 1 aromatic heterocycles. The van der Waals surface area contributed by atoms with Gasteiger partial charge in [-0.1, -0.05) is 75.2 Å². The van der Waals surface area contributed by atoms with Gasteiger partial charge in [0.2, 0.25) is 10.0 Å². The molecule has 1 aliphatic rings. The van der Waals surface area contributed by atoms with Crippen LogP contribution in [0.2, 0.25) is 0 Å². The molecule has 1 heterocycles. The summed E-state index contributed by atoms with van der Waals surface area (Å²) in [7, 11) is -9.12. The lowest BCUT2D eigenvalue weighted by atomic mass is 9.75. The lowest BCUT2D eigenvalue weighted by molar-refractivity contribution is 0.286. The van der Waals surface area contributed by atoms with Crippen molar-refractivity contribution in [2.45, 2.75) is 79.2 Å². The first-order chi connectivity index (χ1) is 17.6. The Hall–Kier alpha value is -1.26. The van der Waals surface area contributed by atoms with Crippen LogP contribution >= 0.6 is 30.7 Å². The van der Waals surface area contributed by atoms with Crippen LogP contribution < -0.4 is 4.72 Å². The molecule has 11 heteroatoms. The van der Waals surface area contributed by atoms with Crippen LogP contribution in [0.4, 0.5) is 0 Å². The van der Waals surface area contributed by atoms with Gasteiger partial charge in [0.15, 0.2) is 4.34 Å². The number of hydrogen-bond acceptors (Lipinski definition) is 6. The molecule has 4 rings (SSSR count). The number of nitrogens with zero attached hydrogens (tertiary/aromatic N) is 1. The van der Waals surface area contributed by atoms with Crippen LogP contribution in [-0.4, -0.2) is 34.7 Å². The van der Waals surface area contributed by atoms with E-state index in [2.05, 4.69) is 9.71 Å². The Morgan fingerprint density at radius 3 is 2.41 bits per heavy atom. The van der Waals surface area contributed by atoms with Gasteiger partial charge in [-0.3, -0.25) is 4.57 Å². The van der Waals surface area contributed by atoms with E-state index < -0.39 is 28.8 Å². The van der Waals surface area contributed by atoms with E-state index >= 15 is 0 Å². The summed E-state index contributed by atoms with van der Waals surface area (Å²) in [6.45, 7) is 3.65. The summed E-state index contributed by atoms with van der Waals surface area (Å²) in [4.78, 5) is 25.4. The van der Waals surface area contributed by atoms with Crippen LogP contribution in [0.15, 0.2) is 57.8 Å². The monoisotopic (exact) mass is 582 g/mol. The minimum atomic E-state index is -4.88. The summed E-state index contributed by atoms with van der Waals surface area (Å²) >= 11 is 3.18. The maximum atomic E-state index is 13.5. The highest BCUT2D eigenvalue weighted by Crippen LogP contribution is 2.53. The minimum absolute atomic E-state index is 0.0277. The SMILES string of the molecule is CCC(CC)(c1ccccc1)C(NS(=O)(=O)c1ccc2nc(SCC3CCCCC3)sc2c1)P(=O)(O)O. The predicted octanol–water partition coefficient (Wildman–Crippen LogP) is 6.51. The fourth-order valence-electron chi connectivity index (χ4n) is 5.35. The molecule has 1 atom stereocenters. The van der Waals surface area contributed by atoms with Crippen LogP contribution in [0.3, 0.4) is 0 Å². The number of nitrogens with one attached hydrogen (secondary N) is 1. The Balaban J connectivity index is 1.61. The summed E-state index contributed by atoms with van der Waals surface area (Å²) in [5.74, 6) is 0.116. The lowest BCUT2D eigenvalue weighted by Gasteiger charge is -2.40. The van der Waals surface area contributed by atoms with E-state index in [9.17, 15) is 22.8 Å². The molecule has 0 saturated heterocycles. The zero-order chi connectivity index (χ0) is 26.7. The minimum Gasteiger partial charge on any atom is -0.323 e. The standard InChI is InChI=1S/C26H35N2O5PS3/c1-3-26(4-2,20-13-9-6-10-14-20)24(34(29,30)31)28-37(32,33)21-15-16-22-23(17-21)36-25(27-22)35-18-19-11-7-5-8-12-19/h6,9-10,13-17,19,24,28H,3-5,7-8,11-12,18H2,1-2H3,(H2,29,30,31). The fourth-order valence-corrected chi connectivity index (χ4v) is 11.0. The predicted molar refractivity (Wildman–Crippen MR) is 152 cm³/mol. The summed E-state index contributed by atoms with van der Waals surface area (Å²) < 4.78 is 43.8. The first kappa shape index (κ1) is 28.7. The number of rotatable bonds is 11. The van der Waals surface area contributed by atoms with Gasteiger partial charge in [0.1, 0.15) is 5.78 Å². The maximum absolute atomic E-state index is 13.5. The van der Waals surface area contributed by atoms with Crippen LogP contribution in [0.5, 0.6) is 0 Å². The molecule has 0 spiro atoms. The average molecular weight is 583 g/mol. The molecule has 0 amide bonds. The van der Waals surface area contributed by atoms with Crippen molar-refractivity contribution in [2.75, 3.05) is 5.75 Å². The summed E-state index contributed by atoms with van der Waals surface area (Å²) in [5.41, 5.74) is 0.334. The number of thiazole rings is 1. The van der Waals surface area contributed by atoms with E-state index in [1.54, 1.807) is 48.2 Å². The van der Waals surface area contributed by atoms with Crippen LogP contribution in [-0.2, 0) is 20.0 Å². The Morgan fingerprint density at radius 2 is 1.78 bits per heavy atom. The van der Waals surface area contributed by atoms with Crippen molar-refractivity contribution in [2.24, 2.45) is 5.92 Å². The number of hydrogen-bond donors (Lipinski definition) is 3. The van der Waals surface area contributed by atoms with E-state index in [0.29, 0.717) is 24.3 Å². The van der Waals surface area contributed by atoms with Crippen molar-refractivity contribution in [3.05, 3.63) is 54.1 Å². The van der Waals surface area contributed by atoms with E-state index in [4.69, 9.17) is 0 Å². The molecule has 1 aliphatic carbocycles. The third kappa shape index (κ3) is 6.49. The smallest absolute Gasteiger partial charge is 0.323 e. The van der Waals surface area contributed by atoms with Gasteiger partial charge in [0, 0.05) is 11.2 Å². The zero-order valence-corrected chi connectivity index (χ0v) is 24.5. The highest BCUT2D eigenvalue weighted by atomic mass is 32.2. The lowest BCUT2D eigenvalue weighted by Crippen LogP contribution is -2.49. The molecular formula is C26H35N2O5PS3. The van der Waals surface area contributed by atoms with E-state index in [-0.39, 0.29) is 4.90 Å². The zero-order valence-electron chi connectivity index (χ0n) is 21.2. The van der Waals surface area contributed by atoms with E-state index in [1.807, 2.05) is 19.9 Å². The molecule has 1 unspecified atom stereocenters. The van der Waals surface area contributed by atoms with Crippen molar-refractivity contribution < 1.29 is 22.8 Å². The Morgan fingerprint density at radius 1 is 1.11 bits per heavy atom. The second kappa shape index (κ2) is 11.9. The van der Waals surface area contributed by atoms with Crippen LogP contribution in [0.25, 0.3) is 10.2 Å². The molecule has 7 nitrogen and oxygen atoms in total. The number of thioether (sulfide) groups is 1. The third-order valence-electron chi connectivity index (χ3n) is 7.55. The summed E-state index contributed by atoms with van der Waals surface area (Å²) in [6, 6.07) is 13.7. The molecule has 0 radical (unpaired) electrons. The number of benzene rings is 2. The largest absolute Gasteiger partial charge is 0.344 e. The van der Waals surface area contributed by atoms with Crippen molar-refractivity contribution >= 4 is 50.9 Å². The van der Waals surface area contributed by atoms with Gasteiger partial charge in [0.25, 0.3) is 0 Å². The van der Waals surface area contributed by atoms with E-state index in [1.165, 1.54) is 49.5 Å². The van der Waals surface area contributed by atoms with Crippen molar-refractivity contribution in [3.63, 3.8) is 0 Å². The molecule has 3 aromatic rings. The van der Waals surface area contributed by atoms with Gasteiger partial charge in [-0.05, 0) is 55.4 Å². The number of fused-ring (bicyclic) bond motifs is 1. The molecular weight excluding hydrogens is 547 g/mol. The van der Waals surface area contributed by atoms with Gasteiger partial charge in [0.05, 0.1) is 15.1 Å². The van der Waals surface area contributed by atoms with Crippen molar-refractivity contribution in [1.82, 2.24) is 9.71 Å². The Labute approximate surface area is 227 Å². The quantitative estimate of drug-likeness (QED) is 0.174. The first-order valence-corrected chi connectivity index (χ1v) is 17.7. The molecule has 37 heavy (non-hydrogen) atoms. The van der Waals surface area contributed by atoms with Crippen molar-refractivity contribution in [3.8, 4) is 0 Å². The molecule has 0 aliphatic heterocycles. The number of sulfonamides is 1. The van der Waals surface area contributed by atoms with Gasteiger partial charge in [-0.15, -0.1) is 11.3 Å². The third-order valence-corrected chi connectivity index (χ3v) is 12.8. The molecule has 1 fully saturated rings. The Kier molecular flexibility index (Phi) is 9.21. The maximum Gasteiger partial charge on any atom is 0.344 e. The fraction of sp³-hybridized carbons (Fsp3) is 0.500. The summed E-state index contributed by atoms with van der Waals surface area (Å²) in [5, 5.41) is 0. The van der Waals surface area contributed by atoms with Gasteiger partial charge in [-0.2, -0.15) is 4.72 Å². The second-order valence-corrected chi connectivity index (χ2v) is 15.5. The van der Waals surface area contributed by atoms with Gasteiger partial charge < -0.3 is 9.79 Å². The molecule has 3 N–H and O–H groups in total. The summed E-state index contributed by atoms with van der Waals surface area (Å²) in [6.07, 6.45) is 7.11. The molecule has 2 aromatic carbocycles. The molecule has 1 saturated carbocycles. The van der Waals surface area contributed by atoms with E-state index in [0.717, 1.165) is 20.3 Å². The molecule has 202 valence electrons. The Bertz CT molecular complexity index is 1350. The number of aromatic nitrogens is 1. The molecule has 0 bridgehead atoms. The highest BCUT2D eigenvalue weighted by Gasteiger charge is 2.49. The normalized spacial score (nSPS) is 16.8. The average Bonchev–Trinajstić information content (AvgIpc) is 3.31. The van der Waals surface area contributed by atoms with Crippen LogP contribution in [0.1, 0.15) is 64.4 Å². The van der Waals surface area contributed by atoms with Crippen LogP contribution in [0, 0.1) is 5.92 Å². The first-order valence-electron chi connectivity index (χ1n) is 12.8. The topological polar surface area (TPSA) is 117 Å². The van der Waals surface area contributed by atoms with Gasteiger partial charge >= 0.3 is 7.60 Å². The second-order valence-electron chi connectivity index (χ2n) is 9.77.